The summed E-state index contributed by atoms with van der Waals surface area (Å²) in [5.74, 6) is -1.91. The highest BCUT2D eigenvalue weighted by atomic mass is 19.4. The van der Waals surface area contributed by atoms with Crippen LogP contribution in [0.3, 0.4) is 0 Å². The van der Waals surface area contributed by atoms with Crippen LogP contribution in [0.25, 0.3) is 16.9 Å². The lowest BCUT2D eigenvalue weighted by atomic mass is 10.0. The van der Waals surface area contributed by atoms with E-state index >= 15 is 0 Å². The number of aromatic nitrogens is 5. The third kappa shape index (κ3) is 3.63. The van der Waals surface area contributed by atoms with Crippen molar-refractivity contribution in [2.45, 2.75) is 24.6 Å². The molecule has 2 N–H and O–H groups in total. The van der Waals surface area contributed by atoms with Gasteiger partial charge in [-0.05, 0) is 36.0 Å². The van der Waals surface area contributed by atoms with Crippen LogP contribution >= 0.6 is 0 Å². The number of fused-ring (bicyclic) bond motifs is 1. The van der Waals surface area contributed by atoms with E-state index in [0.29, 0.717) is 23.7 Å². The van der Waals surface area contributed by atoms with Gasteiger partial charge in [-0.2, -0.15) is 5.10 Å². The second-order valence-electron chi connectivity index (χ2n) is 7.35. The van der Waals surface area contributed by atoms with Crippen molar-refractivity contribution in [1.82, 2.24) is 24.6 Å². The van der Waals surface area contributed by atoms with Crippen LogP contribution in [0.2, 0.25) is 0 Å². The Balaban J connectivity index is 1.51. The summed E-state index contributed by atoms with van der Waals surface area (Å²) in [4.78, 5) is 32.3. The molecule has 3 heterocycles. The van der Waals surface area contributed by atoms with Crippen LogP contribution in [-0.4, -0.2) is 30.9 Å². The first kappa shape index (κ1) is 20.0. The average Bonchev–Trinajstić information content (AvgIpc) is 3.33. The van der Waals surface area contributed by atoms with E-state index in [-0.39, 0.29) is 28.7 Å². The summed E-state index contributed by atoms with van der Waals surface area (Å²) in [6, 6.07) is 4.71. The Hall–Kier alpha value is -3.96. The first-order chi connectivity index (χ1) is 15.2. The maximum absolute atomic E-state index is 14.5. The molecule has 0 saturated heterocycles. The third-order valence-corrected chi connectivity index (χ3v) is 5.28. The molecule has 1 aromatic carbocycles. The molecule has 0 bridgehead atoms. The van der Waals surface area contributed by atoms with Crippen molar-refractivity contribution in [3.8, 4) is 17.0 Å². The van der Waals surface area contributed by atoms with Crippen molar-refractivity contribution in [3.63, 3.8) is 0 Å². The largest absolute Gasteiger partial charge is 0.573 e. The molecule has 5 rings (SSSR count). The van der Waals surface area contributed by atoms with Gasteiger partial charge in [0.2, 0.25) is 0 Å². The van der Waals surface area contributed by atoms with Gasteiger partial charge in [0, 0.05) is 30.2 Å². The lowest BCUT2D eigenvalue weighted by molar-refractivity contribution is -0.274. The Morgan fingerprint density at radius 3 is 2.62 bits per heavy atom. The quantitative estimate of drug-likeness (QED) is 0.468. The number of nitrogens with one attached hydrogen (secondary N) is 2. The SMILES string of the molecule is O=c1[nH]cc(-c2cc([C@H]3CC3c3ccc(OC(F)(F)F)cc3F)c3nccn3n2)c(=O)[nH]1. The molecule has 12 heteroatoms. The molecule has 0 aliphatic heterocycles. The Labute approximate surface area is 175 Å². The van der Waals surface area contributed by atoms with Crippen LogP contribution in [0.5, 0.6) is 5.75 Å². The first-order valence-corrected chi connectivity index (χ1v) is 9.41. The lowest BCUT2D eigenvalue weighted by Crippen LogP contribution is -2.23. The van der Waals surface area contributed by atoms with Gasteiger partial charge in [-0.1, -0.05) is 6.07 Å². The molecule has 32 heavy (non-hydrogen) atoms. The van der Waals surface area contributed by atoms with Crippen LogP contribution in [0.1, 0.15) is 29.4 Å². The number of hydrogen-bond donors (Lipinski definition) is 2. The predicted molar refractivity (Wildman–Crippen MR) is 103 cm³/mol. The maximum Gasteiger partial charge on any atom is 0.573 e. The molecular formula is C20H13F4N5O3. The number of halogens is 4. The zero-order chi connectivity index (χ0) is 22.6. The van der Waals surface area contributed by atoms with E-state index in [0.717, 1.165) is 6.07 Å². The fourth-order valence-corrected chi connectivity index (χ4v) is 3.83. The molecule has 1 aliphatic rings. The van der Waals surface area contributed by atoms with Crippen LogP contribution in [0, 0.1) is 5.82 Å². The molecule has 1 unspecified atom stereocenters. The summed E-state index contributed by atoms with van der Waals surface area (Å²) in [5, 5.41) is 4.34. The fourth-order valence-electron chi connectivity index (χ4n) is 3.83. The monoisotopic (exact) mass is 447 g/mol. The molecule has 1 saturated carbocycles. The van der Waals surface area contributed by atoms with E-state index in [9.17, 15) is 27.2 Å². The lowest BCUT2D eigenvalue weighted by Gasteiger charge is -2.11. The Morgan fingerprint density at radius 1 is 1.12 bits per heavy atom. The number of nitrogens with zero attached hydrogens (tertiary/aromatic N) is 3. The third-order valence-electron chi connectivity index (χ3n) is 5.28. The van der Waals surface area contributed by atoms with Crippen LogP contribution < -0.4 is 16.0 Å². The molecular weight excluding hydrogens is 434 g/mol. The summed E-state index contributed by atoms with van der Waals surface area (Å²) in [5.41, 5.74) is 0.616. The van der Waals surface area contributed by atoms with Gasteiger partial charge >= 0.3 is 12.1 Å². The smallest absolute Gasteiger partial charge is 0.406 e. The van der Waals surface area contributed by atoms with Crippen LogP contribution in [-0.2, 0) is 0 Å². The van der Waals surface area contributed by atoms with Gasteiger partial charge in [0.05, 0.1) is 11.3 Å². The summed E-state index contributed by atoms with van der Waals surface area (Å²) < 4.78 is 56.9. The number of ether oxygens (including phenoxy) is 1. The number of hydrogen-bond acceptors (Lipinski definition) is 5. The molecule has 4 aromatic rings. The van der Waals surface area contributed by atoms with Gasteiger partial charge in [-0.25, -0.2) is 18.7 Å². The van der Waals surface area contributed by atoms with Crippen molar-refractivity contribution in [2.24, 2.45) is 0 Å². The second-order valence-corrected chi connectivity index (χ2v) is 7.35. The molecule has 8 nitrogen and oxygen atoms in total. The van der Waals surface area contributed by atoms with Gasteiger partial charge in [-0.3, -0.25) is 9.78 Å². The Bertz CT molecular complexity index is 1460. The van der Waals surface area contributed by atoms with Crippen molar-refractivity contribution >= 4 is 5.65 Å². The summed E-state index contributed by atoms with van der Waals surface area (Å²) in [6.45, 7) is 0. The number of H-pyrrole nitrogens is 2. The first-order valence-electron chi connectivity index (χ1n) is 9.41. The minimum Gasteiger partial charge on any atom is -0.406 e. The molecule has 0 spiro atoms. The molecule has 3 aromatic heterocycles. The number of aromatic amines is 2. The minimum absolute atomic E-state index is 0.137. The van der Waals surface area contributed by atoms with Crippen molar-refractivity contribution in [3.05, 3.63) is 80.6 Å². The van der Waals surface area contributed by atoms with Crippen molar-refractivity contribution in [1.29, 1.82) is 0 Å². The fraction of sp³-hybridized carbons (Fsp3) is 0.200. The number of benzene rings is 1. The van der Waals surface area contributed by atoms with E-state index in [2.05, 4.69) is 24.8 Å². The molecule has 1 aliphatic carbocycles. The highest BCUT2D eigenvalue weighted by Gasteiger charge is 2.43. The van der Waals surface area contributed by atoms with E-state index in [1.54, 1.807) is 12.3 Å². The van der Waals surface area contributed by atoms with E-state index in [1.807, 2.05) is 0 Å². The van der Waals surface area contributed by atoms with Crippen LogP contribution in [0.4, 0.5) is 17.6 Å². The van der Waals surface area contributed by atoms with E-state index < -0.39 is 29.2 Å². The van der Waals surface area contributed by atoms with Crippen molar-refractivity contribution < 1.29 is 22.3 Å². The molecule has 2 atom stereocenters. The van der Waals surface area contributed by atoms with E-state index in [1.165, 1.54) is 23.0 Å². The van der Waals surface area contributed by atoms with Gasteiger partial charge in [0.1, 0.15) is 11.6 Å². The molecule has 0 radical (unpaired) electrons. The van der Waals surface area contributed by atoms with Crippen molar-refractivity contribution in [2.75, 3.05) is 0 Å². The Kier molecular flexibility index (Phi) is 4.39. The number of alkyl halides is 3. The summed E-state index contributed by atoms with van der Waals surface area (Å²) in [7, 11) is 0. The topological polar surface area (TPSA) is 105 Å². The predicted octanol–water partition coefficient (Wildman–Crippen LogP) is 3.08. The highest BCUT2D eigenvalue weighted by Crippen LogP contribution is 2.56. The van der Waals surface area contributed by atoms with Gasteiger partial charge in [-0.15, -0.1) is 13.2 Å². The van der Waals surface area contributed by atoms with Crippen LogP contribution in [0.15, 0.2) is 52.4 Å². The van der Waals surface area contributed by atoms with Gasteiger partial charge < -0.3 is 9.72 Å². The van der Waals surface area contributed by atoms with Gasteiger partial charge in [0.25, 0.3) is 5.56 Å². The molecule has 1 fully saturated rings. The standard InChI is InChI=1S/C20H13F4N5O3/c21-15-5-9(32-20(22,23)24)1-2-10(15)11-6-12(11)13-7-16(28-29-4-3-25-17(13)29)14-8-26-19(31)27-18(14)30/h1-5,7-8,11-12H,6H2,(H2,26,27,30,31)/t11?,12-/m0/s1. The maximum atomic E-state index is 14.5. The molecule has 164 valence electrons. The summed E-state index contributed by atoms with van der Waals surface area (Å²) in [6.07, 6.45) is -0.0173. The Morgan fingerprint density at radius 2 is 1.91 bits per heavy atom. The number of imidazole rings is 1. The normalized spacial score (nSPS) is 18.1. The van der Waals surface area contributed by atoms with E-state index in [4.69, 9.17) is 0 Å². The highest BCUT2D eigenvalue weighted by molar-refractivity contribution is 5.63. The molecule has 0 amide bonds. The van der Waals surface area contributed by atoms with Gasteiger partial charge in [0.15, 0.2) is 5.65 Å². The summed E-state index contributed by atoms with van der Waals surface area (Å²) >= 11 is 0. The number of rotatable bonds is 4. The zero-order valence-electron chi connectivity index (χ0n) is 16.0. The second kappa shape index (κ2) is 7.04. The average molecular weight is 447 g/mol. The minimum atomic E-state index is -4.91. The zero-order valence-corrected chi connectivity index (χ0v) is 16.0.